The first-order valence-electron chi connectivity index (χ1n) is 10.6. The molecule has 2 atom stereocenters. The molecule has 1 fully saturated rings. The fourth-order valence-electron chi connectivity index (χ4n) is 3.78. The molecule has 0 radical (unpaired) electrons. The average Bonchev–Trinajstić information content (AvgIpc) is 3.14. The van der Waals surface area contributed by atoms with Crippen LogP contribution in [0.4, 0.5) is 5.13 Å². The van der Waals surface area contributed by atoms with E-state index in [2.05, 4.69) is 30.2 Å². The minimum atomic E-state index is -3.65. The van der Waals surface area contributed by atoms with Crippen molar-refractivity contribution in [2.24, 2.45) is 0 Å². The largest absolute Gasteiger partial charge is 0.373 e. The molecule has 1 aromatic heterocycles. The summed E-state index contributed by atoms with van der Waals surface area (Å²) >= 11 is 1.42. The van der Waals surface area contributed by atoms with E-state index in [9.17, 15) is 13.2 Å². The predicted octanol–water partition coefficient (Wildman–Crippen LogP) is 4.47. The molecule has 1 amide bonds. The van der Waals surface area contributed by atoms with E-state index in [4.69, 9.17) is 4.74 Å². The smallest absolute Gasteiger partial charge is 0.257 e. The molecule has 0 spiro atoms. The van der Waals surface area contributed by atoms with Gasteiger partial charge in [0.1, 0.15) is 0 Å². The molecule has 4 rings (SSSR count). The van der Waals surface area contributed by atoms with Crippen LogP contribution in [0, 0.1) is 0 Å². The lowest BCUT2D eigenvalue weighted by Gasteiger charge is -2.34. The number of thiazole rings is 1. The molecule has 1 aliphatic heterocycles. The van der Waals surface area contributed by atoms with Crippen LogP contribution in [0.1, 0.15) is 49.5 Å². The number of sulfonamides is 1. The normalized spacial score (nSPS) is 20.0. The van der Waals surface area contributed by atoms with Crippen molar-refractivity contribution in [3.05, 3.63) is 53.6 Å². The number of carbonyl (C=O) groups is 1. The fourth-order valence-corrected chi connectivity index (χ4v) is 6.28. The molecule has 2 heterocycles. The van der Waals surface area contributed by atoms with E-state index < -0.39 is 10.0 Å². The van der Waals surface area contributed by atoms with E-state index in [1.165, 1.54) is 45.5 Å². The topological polar surface area (TPSA) is 88.6 Å². The Morgan fingerprint density at radius 3 is 2.41 bits per heavy atom. The Balaban J connectivity index is 1.49. The molecule has 1 aliphatic rings. The van der Waals surface area contributed by atoms with Crippen LogP contribution < -0.4 is 5.32 Å². The summed E-state index contributed by atoms with van der Waals surface area (Å²) in [6.07, 6.45) is -0.326. The molecule has 0 saturated carbocycles. The quantitative estimate of drug-likeness (QED) is 0.591. The first-order valence-corrected chi connectivity index (χ1v) is 12.9. The second-order valence-electron chi connectivity index (χ2n) is 8.46. The third-order valence-corrected chi connectivity index (χ3v) is 8.22. The third-order valence-electron chi connectivity index (χ3n) is 5.44. The molecular weight excluding hydrogens is 446 g/mol. The van der Waals surface area contributed by atoms with Crippen LogP contribution in [0.2, 0.25) is 0 Å². The zero-order valence-electron chi connectivity index (χ0n) is 18.5. The second kappa shape index (κ2) is 8.90. The number of nitrogens with zero attached hydrogens (tertiary/aromatic N) is 2. The summed E-state index contributed by atoms with van der Waals surface area (Å²) in [5, 5.41) is 3.33. The van der Waals surface area contributed by atoms with Gasteiger partial charge in [-0.2, -0.15) is 4.31 Å². The molecule has 3 aromatic rings. The van der Waals surface area contributed by atoms with E-state index in [0.29, 0.717) is 29.7 Å². The first-order chi connectivity index (χ1) is 15.1. The number of carbonyl (C=O) groups excluding carboxylic acids is 1. The molecule has 0 unspecified atom stereocenters. The highest BCUT2D eigenvalue weighted by molar-refractivity contribution is 7.89. The summed E-state index contributed by atoms with van der Waals surface area (Å²) in [5.41, 5.74) is 2.43. The zero-order valence-corrected chi connectivity index (χ0v) is 20.2. The minimum absolute atomic E-state index is 0.163. The number of aromatic nitrogens is 1. The molecule has 1 N–H and O–H groups in total. The van der Waals surface area contributed by atoms with E-state index in [1.807, 2.05) is 26.0 Å². The maximum absolute atomic E-state index is 13.0. The fraction of sp³-hybridized carbons (Fsp3) is 0.391. The number of rotatable bonds is 5. The number of benzene rings is 2. The Labute approximate surface area is 192 Å². The Morgan fingerprint density at radius 1 is 1.12 bits per heavy atom. The van der Waals surface area contributed by atoms with Crippen LogP contribution in [0.5, 0.6) is 0 Å². The molecule has 1 saturated heterocycles. The summed E-state index contributed by atoms with van der Waals surface area (Å²) in [4.78, 5) is 17.3. The average molecular weight is 474 g/mol. The number of fused-ring (bicyclic) bond motifs is 1. The number of anilines is 1. The van der Waals surface area contributed by atoms with Gasteiger partial charge in [0.2, 0.25) is 10.0 Å². The van der Waals surface area contributed by atoms with Gasteiger partial charge in [-0.15, -0.1) is 0 Å². The minimum Gasteiger partial charge on any atom is -0.373 e. The lowest BCUT2D eigenvalue weighted by molar-refractivity contribution is -0.0440. The summed E-state index contributed by atoms with van der Waals surface area (Å²) in [6.45, 7) is 8.61. The van der Waals surface area contributed by atoms with Gasteiger partial charge in [-0.25, -0.2) is 13.4 Å². The number of ether oxygens (including phenoxy) is 1. The highest BCUT2D eigenvalue weighted by Crippen LogP contribution is 2.29. The summed E-state index contributed by atoms with van der Waals surface area (Å²) in [7, 11) is -3.65. The Kier molecular flexibility index (Phi) is 6.35. The zero-order chi connectivity index (χ0) is 23.0. The Morgan fingerprint density at radius 2 is 1.78 bits per heavy atom. The molecule has 2 aromatic carbocycles. The Hall–Kier alpha value is -2.33. The first kappa shape index (κ1) is 22.8. The maximum atomic E-state index is 13.0. The van der Waals surface area contributed by atoms with E-state index in [1.54, 1.807) is 0 Å². The van der Waals surface area contributed by atoms with E-state index in [0.717, 1.165) is 10.2 Å². The van der Waals surface area contributed by atoms with Crippen molar-refractivity contribution < 1.29 is 17.9 Å². The van der Waals surface area contributed by atoms with Gasteiger partial charge in [-0.3, -0.25) is 10.1 Å². The second-order valence-corrected chi connectivity index (χ2v) is 11.4. The van der Waals surface area contributed by atoms with Crippen LogP contribution in [0.15, 0.2) is 47.4 Å². The lowest BCUT2D eigenvalue weighted by Crippen LogP contribution is -2.48. The van der Waals surface area contributed by atoms with Gasteiger partial charge in [0.05, 0.1) is 27.3 Å². The van der Waals surface area contributed by atoms with Crippen molar-refractivity contribution in [2.45, 2.75) is 50.7 Å². The molecule has 32 heavy (non-hydrogen) atoms. The van der Waals surface area contributed by atoms with Crippen LogP contribution >= 0.6 is 11.3 Å². The maximum Gasteiger partial charge on any atom is 0.257 e. The van der Waals surface area contributed by atoms with E-state index in [-0.39, 0.29) is 23.0 Å². The van der Waals surface area contributed by atoms with Crippen molar-refractivity contribution in [2.75, 3.05) is 18.4 Å². The molecule has 7 nitrogen and oxygen atoms in total. The van der Waals surface area contributed by atoms with Crippen LogP contribution in [-0.2, 0) is 14.8 Å². The number of nitrogens with one attached hydrogen (secondary N) is 1. The predicted molar refractivity (Wildman–Crippen MR) is 127 cm³/mol. The highest BCUT2D eigenvalue weighted by Gasteiger charge is 2.32. The van der Waals surface area contributed by atoms with Gasteiger partial charge in [0.25, 0.3) is 5.91 Å². The van der Waals surface area contributed by atoms with Gasteiger partial charge in [-0.05, 0) is 61.7 Å². The van der Waals surface area contributed by atoms with Crippen molar-refractivity contribution >= 4 is 42.6 Å². The molecular formula is C23H27N3O4S2. The van der Waals surface area contributed by atoms with Crippen molar-refractivity contribution in [3.8, 4) is 0 Å². The number of hydrogen-bond acceptors (Lipinski definition) is 6. The van der Waals surface area contributed by atoms with Gasteiger partial charge in [0.15, 0.2) is 5.13 Å². The molecule has 0 bridgehead atoms. The number of amides is 1. The van der Waals surface area contributed by atoms with Gasteiger partial charge in [-0.1, -0.05) is 31.3 Å². The number of morpholine rings is 1. The lowest BCUT2D eigenvalue weighted by atomic mass is 10.0. The summed E-state index contributed by atoms with van der Waals surface area (Å²) < 4.78 is 34.1. The van der Waals surface area contributed by atoms with Crippen molar-refractivity contribution in [3.63, 3.8) is 0 Å². The third kappa shape index (κ3) is 4.71. The highest BCUT2D eigenvalue weighted by atomic mass is 32.2. The molecule has 0 aliphatic carbocycles. The summed E-state index contributed by atoms with van der Waals surface area (Å²) in [5.74, 6) is 0.0870. The molecule has 9 heteroatoms. The van der Waals surface area contributed by atoms with Gasteiger partial charge in [0, 0.05) is 18.7 Å². The van der Waals surface area contributed by atoms with Gasteiger partial charge >= 0.3 is 0 Å². The van der Waals surface area contributed by atoms with E-state index >= 15 is 0 Å². The van der Waals surface area contributed by atoms with Crippen LogP contribution in [-0.4, -0.2) is 48.9 Å². The Bertz CT molecular complexity index is 1230. The molecule has 170 valence electrons. The SMILES string of the molecule is CC(C)c1ccc2nc(NC(=O)c3ccc(S(=O)(=O)N4C[C@H](C)O[C@@H](C)C4)cc3)sc2c1. The van der Waals surface area contributed by atoms with Crippen molar-refractivity contribution in [1.29, 1.82) is 0 Å². The monoisotopic (exact) mass is 473 g/mol. The van der Waals surface area contributed by atoms with Gasteiger partial charge < -0.3 is 4.74 Å². The van der Waals surface area contributed by atoms with Crippen molar-refractivity contribution in [1.82, 2.24) is 9.29 Å². The number of hydrogen-bond donors (Lipinski definition) is 1. The van der Waals surface area contributed by atoms with Crippen LogP contribution in [0.3, 0.4) is 0 Å². The van der Waals surface area contributed by atoms with Crippen LogP contribution in [0.25, 0.3) is 10.2 Å². The summed E-state index contributed by atoms with van der Waals surface area (Å²) in [6, 6.07) is 12.1. The standard InChI is InChI=1S/C23H27N3O4S2/c1-14(2)18-7-10-20-21(11-18)31-23(24-20)25-22(27)17-5-8-19(9-6-17)32(28,29)26-12-15(3)30-16(4)13-26/h5-11,14-16H,12-13H2,1-4H3,(H,24,25,27)/t15-,16-/m0/s1.